The van der Waals surface area contributed by atoms with Gasteiger partial charge in [-0.1, -0.05) is 26.2 Å². The fourth-order valence-electron chi connectivity index (χ4n) is 2.30. The number of hydrogen-bond donors (Lipinski definition) is 0. The van der Waals surface area contributed by atoms with E-state index in [2.05, 4.69) is 11.7 Å². The SMILES string of the molecule is CCCCCCOc1ccc(C(=O)OCCCCCC(=O)OC)cc1. The minimum absolute atomic E-state index is 0.204. The molecule has 5 heteroatoms. The number of benzene rings is 1. The first-order valence-electron chi connectivity index (χ1n) is 9.14. The Hall–Kier alpha value is -2.04. The van der Waals surface area contributed by atoms with Crippen molar-refractivity contribution in [3.63, 3.8) is 0 Å². The van der Waals surface area contributed by atoms with Crippen LogP contribution in [0, 0.1) is 0 Å². The quantitative estimate of drug-likeness (QED) is 0.386. The number of unbranched alkanes of at least 4 members (excludes halogenated alkanes) is 5. The summed E-state index contributed by atoms with van der Waals surface area (Å²) in [6, 6.07) is 7.04. The topological polar surface area (TPSA) is 61.8 Å². The van der Waals surface area contributed by atoms with Crippen molar-refractivity contribution < 1.29 is 23.8 Å². The molecule has 1 rings (SSSR count). The maximum atomic E-state index is 11.9. The van der Waals surface area contributed by atoms with E-state index in [1.165, 1.54) is 26.4 Å². The lowest BCUT2D eigenvalue weighted by Crippen LogP contribution is -2.07. The second kappa shape index (κ2) is 13.3. The van der Waals surface area contributed by atoms with E-state index >= 15 is 0 Å². The van der Waals surface area contributed by atoms with E-state index in [1.807, 2.05) is 0 Å². The van der Waals surface area contributed by atoms with Crippen LogP contribution in [0.25, 0.3) is 0 Å². The molecule has 1 aromatic rings. The van der Waals surface area contributed by atoms with Gasteiger partial charge in [-0.05, 0) is 49.9 Å². The number of rotatable bonds is 13. The molecule has 0 aliphatic heterocycles. The van der Waals surface area contributed by atoms with Gasteiger partial charge in [0.25, 0.3) is 0 Å². The highest BCUT2D eigenvalue weighted by Crippen LogP contribution is 2.14. The Labute approximate surface area is 150 Å². The molecule has 140 valence electrons. The number of carbonyl (C=O) groups is 2. The van der Waals surface area contributed by atoms with E-state index in [-0.39, 0.29) is 11.9 Å². The molecule has 0 aliphatic carbocycles. The molecule has 0 bridgehead atoms. The summed E-state index contributed by atoms with van der Waals surface area (Å²) in [7, 11) is 1.38. The molecule has 5 nitrogen and oxygen atoms in total. The van der Waals surface area contributed by atoms with Crippen LogP contribution in [0.1, 0.15) is 68.6 Å². The molecule has 25 heavy (non-hydrogen) atoms. The van der Waals surface area contributed by atoms with Gasteiger partial charge in [0.05, 0.1) is 25.9 Å². The maximum Gasteiger partial charge on any atom is 0.338 e. The molecule has 0 aromatic heterocycles. The van der Waals surface area contributed by atoms with Crippen LogP contribution < -0.4 is 4.74 Å². The third-order valence-electron chi connectivity index (χ3n) is 3.84. The second-order valence-corrected chi connectivity index (χ2v) is 5.96. The molecular formula is C20H30O5. The standard InChI is InChI=1S/C20H30O5/c1-3-4-5-8-15-24-18-13-11-17(12-14-18)20(22)25-16-9-6-7-10-19(21)23-2/h11-14H,3-10,15-16H2,1-2H3. The Bertz CT molecular complexity index is 495. The average Bonchev–Trinajstić information content (AvgIpc) is 2.64. The van der Waals surface area contributed by atoms with Crippen molar-refractivity contribution in [2.75, 3.05) is 20.3 Å². The van der Waals surface area contributed by atoms with Crippen LogP contribution in [0.3, 0.4) is 0 Å². The molecule has 0 heterocycles. The number of carbonyl (C=O) groups excluding carboxylic acids is 2. The van der Waals surface area contributed by atoms with Gasteiger partial charge in [-0.2, -0.15) is 0 Å². The number of ether oxygens (including phenoxy) is 3. The lowest BCUT2D eigenvalue weighted by molar-refractivity contribution is -0.140. The monoisotopic (exact) mass is 350 g/mol. The normalized spacial score (nSPS) is 10.3. The zero-order chi connectivity index (χ0) is 18.3. The summed E-state index contributed by atoms with van der Waals surface area (Å²) < 4.78 is 15.5. The first-order chi connectivity index (χ1) is 12.2. The van der Waals surface area contributed by atoms with E-state index in [9.17, 15) is 9.59 Å². The second-order valence-electron chi connectivity index (χ2n) is 5.96. The van der Waals surface area contributed by atoms with E-state index in [1.54, 1.807) is 24.3 Å². The predicted octanol–water partition coefficient (Wildman–Crippen LogP) is 4.54. The van der Waals surface area contributed by atoms with Crippen LogP contribution in [0.15, 0.2) is 24.3 Å². The van der Waals surface area contributed by atoms with Crippen LogP contribution in [-0.2, 0) is 14.3 Å². The zero-order valence-electron chi connectivity index (χ0n) is 15.4. The minimum Gasteiger partial charge on any atom is -0.494 e. The lowest BCUT2D eigenvalue weighted by atomic mass is 10.2. The van der Waals surface area contributed by atoms with Crippen LogP contribution in [0.5, 0.6) is 5.75 Å². The number of methoxy groups -OCH3 is 1. The summed E-state index contributed by atoms with van der Waals surface area (Å²) in [5.41, 5.74) is 0.521. The van der Waals surface area contributed by atoms with Crippen molar-refractivity contribution in [3.05, 3.63) is 29.8 Å². The van der Waals surface area contributed by atoms with Crippen LogP contribution in [-0.4, -0.2) is 32.3 Å². The molecule has 1 aromatic carbocycles. The van der Waals surface area contributed by atoms with Gasteiger partial charge in [-0.3, -0.25) is 4.79 Å². The molecule has 0 saturated heterocycles. The van der Waals surface area contributed by atoms with Crippen LogP contribution in [0.2, 0.25) is 0 Å². The van der Waals surface area contributed by atoms with Gasteiger partial charge in [-0.25, -0.2) is 4.79 Å². The van der Waals surface area contributed by atoms with Crippen molar-refractivity contribution in [1.82, 2.24) is 0 Å². The summed E-state index contributed by atoms with van der Waals surface area (Å²) >= 11 is 0. The zero-order valence-corrected chi connectivity index (χ0v) is 15.4. The first kappa shape index (κ1) is 21.0. The van der Waals surface area contributed by atoms with Crippen molar-refractivity contribution in [2.24, 2.45) is 0 Å². The average molecular weight is 350 g/mol. The number of hydrogen-bond acceptors (Lipinski definition) is 5. The fourth-order valence-corrected chi connectivity index (χ4v) is 2.30. The molecule has 0 fully saturated rings. The minimum atomic E-state index is -0.331. The Kier molecular flexibility index (Phi) is 11.2. The number of esters is 2. The van der Waals surface area contributed by atoms with E-state index in [0.717, 1.165) is 31.4 Å². The van der Waals surface area contributed by atoms with Crippen molar-refractivity contribution in [3.8, 4) is 5.75 Å². The largest absolute Gasteiger partial charge is 0.494 e. The highest BCUT2D eigenvalue weighted by Gasteiger charge is 2.07. The summed E-state index contributed by atoms with van der Waals surface area (Å²) in [5.74, 6) is 0.239. The molecule has 0 spiro atoms. The first-order valence-corrected chi connectivity index (χ1v) is 9.14. The maximum absolute atomic E-state index is 11.9. The van der Waals surface area contributed by atoms with Gasteiger partial charge in [-0.15, -0.1) is 0 Å². The fraction of sp³-hybridized carbons (Fsp3) is 0.600. The van der Waals surface area contributed by atoms with Crippen LogP contribution in [0.4, 0.5) is 0 Å². The van der Waals surface area contributed by atoms with Crippen LogP contribution >= 0.6 is 0 Å². The molecule has 0 radical (unpaired) electrons. The Morgan fingerprint density at radius 1 is 0.880 bits per heavy atom. The van der Waals surface area contributed by atoms with Crippen molar-refractivity contribution in [2.45, 2.75) is 58.3 Å². The molecule has 0 atom stereocenters. The van der Waals surface area contributed by atoms with E-state index in [0.29, 0.717) is 25.2 Å². The summed E-state index contributed by atoms with van der Waals surface area (Å²) in [6.07, 6.45) is 7.39. The lowest BCUT2D eigenvalue weighted by Gasteiger charge is -2.08. The Morgan fingerprint density at radius 2 is 1.56 bits per heavy atom. The smallest absolute Gasteiger partial charge is 0.338 e. The Morgan fingerprint density at radius 3 is 2.24 bits per heavy atom. The van der Waals surface area contributed by atoms with Crippen molar-refractivity contribution in [1.29, 1.82) is 0 Å². The molecule has 0 aliphatic rings. The van der Waals surface area contributed by atoms with Gasteiger partial charge < -0.3 is 14.2 Å². The summed E-state index contributed by atoms with van der Waals surface area (Å²) in [6.45, 7) is 3.24. The molecule has 0 amide bonds. The highest BCUT2D eigenvalue weighted by molar-refractivity contribution is 5.89. The van der Waals surface area contributed by atoms with Gasteiger partial charge in [0, 0.05) is 6.42 Å². The van der Waals surface area contributed by atoms with E-state index in [4.69, 9.17) is 9.47 Å². The highest BCUT2D eigenvalue weighted by atomic mass is 16.5. The Balaban J connectivity index is 2.17. The summed E-state index contributed by atoms with van der Waals surface area (Å²) in [5, 5.41) is 0. The third kappa shape index (κ3) is 9.75. The van der Waals surface area contributed by atoms with E-state index < -0.39 is 0 Å². The van der Waals surface area contributed by atoms with Gasteiger partial charge in [0.15, 0.2) is 0 Å². The molecule has 0 unspecified atom stereocenters. The molecule has 0 N–H and O–H groups in total. The summed E-state index contributed by atoms with van der Waals surface area (Å²) in [4.78, 5) is 22.9. The molecular weight excluding hydrogens is 320 g/mol. The van der Waals surface area contributed by atoms with Gasteiger partial charge in [0.2, 0.25) is 0 Å². The molecule has 0 saturated carbocycles. The third-order valence-corrected chi connectivity index (χ3v) is 3.84. The van der Waals surface area contributed by atoms with Crippen molar-refractivity contribution >= 4 is 11.9 Å². The van der Waals surface area contributed by atoms with Gasteiger partial charge >= 0.3 is 11.9 Å². The van der Waals surface area contributed by atoms with Gasteiger partial charge in [0.1, 0.15) is 5.75 Å². The predicted molar refractivity (Wildman–Crippen MR) is 96.8 cm³/mol.